The molecule has 0 unspecified atom stereocenters. The minimum absolute atomic E-state index is 0.00527. The molecule has 0 N–H and O–H groups in total. The highest BCUT2D eigenvalue weighted by Gasteiger charge is 2.13. The van der Waals surface area contributed by atoms with E-state index in [9.17, 15) is 15.4 Å². The van der Waals surface area contributed by atoms with Gasteiger partial charge in [0, 0.05) is 26.6 Å². The standard InChI is InChI=1S/C19H10Br2N2O3/c20-14-3-1-12(2-4-14)13(11-22)9-16-6-8-19(26-16)17-7-5-15(23(24)25)10-18(17)21/h1-10H/b13-9-. The van der Waals surface area contributed by atoms with Crippen molar-refractivity contribution in [1.82, 2.24) is 0 Å². The highest BCUT2D eigenvalue weighted by atomic mass is 79.9. The Morgan fingerprint density at radius 3 is 2.46 bits per heavy atom. The molecular weight excluding hydrogens is 464 g/mol. The van der Waals surface area contributed by atoms with Gasteiger partial charge in [0.1, 0.15) is 11.5 Å². The molecule has 0 atom stereocenters. The van der Waals surface area contributed by atoms with E-state index >= 15 is 0 Å². The van der Waals surface area contributed by atoms with Crippen molar-refractivity contribution in [3.63, 3.8) is 0 Å². The Balaban J connectivity index is 1.93. The SMILES string of the molecule is N#C/C(=C/c1ccc(-c2ccc([N+](=O)[O-])cc2Br)o1)c1ccc(Br)cc1. The number of nitro benzene ring substituents is 1. The van der Waals surface area contributed by atoms with Crippen LogP contribution < -0.4 is 0 Å². The zero-order chi connectivity index (χ0) is 18.7. The summed E-state index contributed by atoms with van der Waals surface area (Å²) in [5, 5.41) is 20.3. The Morgan fingerprint density at radius 1 is 1.12 bits per heavy atom. The van der Waals surface area contributed by atoms with Gasteiger partial charge in [-0.25, -0.2) is 0 Å². The van der Waals surface area contributed by atoms with Crippen molar-refractivity contribution in [1.29, 1.82) is 5.26 Å². The van der Waals surface area contributed by atoms with Gasteiger partial charge in [-0.1, -0.05) is 28.1 Å². The van der Waals surface area contributed by atoms with Crippen LogP contribution in [0.5, 0.6) is 0 Å². The van der Waals surface area contributed by atoms with Crippen molar-refractivity contribution < 1.29 is 9.34 Å². The zero-order valence-electron chi connectivity index (χ0n) is 13.1. The van der Waals surface area contributed by atoms with Gasteiger partial charge in [-0.2, -0.15) is 5.26 Å². The lowest BCUT2D eigenvalue weighted by atomic mass is 10.1. The molecule has 128 valence electrons. The fourth-order valence-electron chi connectivity index (χ4n) is 2.34. The molecule has 0 amide bonds. The number of halogens is 2. The maximum absolute atomic E-state index is 10.8. The molecule has 3 rings (SSSR count). The van der Waals surface area contributed by atoms with Gasteiger partial charge in [-0.05, 0) is 57.9 Å². The normalized spacial score (nSPS) is 11.2. The van der Waals surface area contributed by atoms with E-state index in [1.54, 1.807) is 24.3 Å². The molecule has 0 spiro atoms. The second-order valence-electron chi connectivity index (χ2n) is 5.30. The quantitative estimate of drug-likeness (QED) is 0.248. The average Bonchev–Trinajstić information content (AvgIpc) is 3.08. The summed E-state index contributed by atoms with van der Waals surface area (Å²) >= 11 is 6.70. The Bertz CT molecular complexity index is 1050. The Labute approximate surface area is 166 Å². The molecule has 1 aromatic heterocycles. The molecule has 5 nitrogen and oxygen atoms in total. The monoisotopic (exact) mass is 472 g/mol. The molecule has 0 saturated carbocycles. The number of nitro groups is 1. The zero-order valence-corrected chi connectivity index (χ0v) is 16.3. The smallest absolute Gasteiger partial charge is 0.270 e. The fraction of sp³-hybridized carbons (Fsp3) is 0. The molecule has 2 aromatic carbocycles. The summed E-state index contributed by atoms with van der Waals surface area (Å²) in [4.78, 5) is 10.4. The lowest BCUT2D eigenvalue weighted by Gasteiger charge is -2.01. The summed E-state index contributed by atoms with van der Waals surface area (Å²) in [6.07, 6.45) is 1.66. The fourth-order valence-corrected chi connectivity index (χ4v) is 3.17. The highest BCUT2D eigenvalue weighted by Crippen LogP contribution is 2.33. The first kappa shape index (κ1) is 18.1. The molecule has 1 heterocycles. The van der Waals surface area contributed by atoms with E-state index in [1.807, 2.05) is 24.3 Å². The van der Waals surface area contributed by atoms with Crippen LogP contribution in [0.1, 0.15) is 11.3 Å². The Kier molecular flexibility index (Phi) is 5.35. The van der Waals surface area contributed by atoms with Crippen molar-refractivity contribution >= 4 is 49.2 Å². The summed E-state index contributed by atoms with van der Waals surface area (Å²) in [6, 6.07) is 17.6. The summed E-state index contributed by atoms with van der Waals surface area (Å²) in [7, 11) is 0. The van der Waals surface area contributed by atoms with Gasteiger partial charge >= 0.3 is 0 Å². The minimum Gasteiger partial charge on any atom is -0.457 e. The van der Waals surface area contributed by atoms with Crippen LogP contribution in [0.25, 0.3) is 23.0 Å². The summed E-state index contributed by atoms with van der Waals surface area (Å²) < 4.78 is 7.28. The van der Waals surface area contributed by atoms with Gasteiger partial charge < -0.3 is 4.42 Å². The van der Waals surface area contributed by atoms with Gasteiger partial charge in [-0.3, -0.25) is 10.1 Å². The first-order valence-electron chi connectivity index (χ1n) is 7.40. The van der Waals surface area contributed by atoms with E-state index in [-0.39, 0.29) is 5.69 Å². The van der Waals surface area contributed by atoms with E-state index in [2.05, 4.69) is 37.9 Å². The van der Waals surface area contributed by atoms with E-state index in [0.717, 1.165) is 10.0 Å². The van der Waals surface area contributed by atoms with Crippen LogP contribution in [0.4, 0.5) is 5.69 Å². The third kappa shape index (κ3) is 3.93. The van der Waals surface area contributed by atoms with Crippen LogP contribution in [0, 0.1) is 21.4 Å². The molecule has 0 radical (unpaired) electrons. The second kappa shape index (κ2) is 7.68. The molecule has 0 aliphatic carbocycles. The number of nitriles is 1. The van der Waals surface area contributed by atoms with Crippen LogP contribution in [0.15, 0.2) is 68.0 Å². The molecule has 0 bridgehead atoms. The third-order valence-corrected chi connectivity index (χ3v) is 4.80. The third-order valence-electron chi connectivity index (χ3n) is 3.62. The van der Waals surface area contributed by atoms with Crippen molar-refractivity contribution in [2.45, 2.75) is 0 Å². The number of furan rings is 1. The second-order valence-corrected chi connectivity index (χ2v) is 7.07. The van der Waals surface area contributed by atoms with Crippen molar-refractivity contribution in [3.05, 3.63) is 85.0 Å². The maximum Gasteiger partial charge on any atom is 0.270 e. The number of benzene rings is 2. The van der Waals surface area contributed by atoms with Crippen molar-refractivity contribution in [3.8, 4) is 17.4 Å². The van der Waals surface area contributed by atoms with Crippen LogP contribution in [0.2, 0.25) is 0 Å². The van der Waals surface area contributed by atoms with E-state index in [1.165, 1.54) is 12.1 Å². The molecule has 7 heteroatoms. The first-order chi connectivity index (χ1) is 12.5. The molecule has 0 aliphatic heterocycles. The van der Waals surface area contributed by atoms with Crippen LogP contribution >= 0.6 is 31.9 Å². The number of allylic oxidation sites excluding steroid dienone is 1. The van der Waals surface area contributed by atoms with Crippen LogP contribution in [-0.4, -0.2) is 4.92 Å². The number of non-ortho nitro benzene ring substituents is 1. The van der Waals surface area contributed by atoms with Crippen molar-refractivity contribution in [2.24, 2.45) is 0 Å². The van der Waals surface area contributed by atoms with Gasteiger partial charge in [-0.15, -0.1) is 0 Å². The first-order valence-corrected chi connectivity index (χ1v) is 8.98. The Morgan fingerprint density at radius 2 is 1.85 bits per heavy atom. The van der Waals surface area contributed by atoms with Crippen LogP contribution in [0.3, 0.4) is 0 Å². The number of hydrogen-bond acceptors (Lipinski definition) is 4. The lowest BCUT2D eigenvalue weighted by Crippen LogP contribution is -1.88. The highest BCUT2D eigenvalue weighted by molar-refractivity contribution is 9.10. The average molecular weight is 474 g/mol. The molecule has 3 aromatic rings. The molecule has 26 heavy (non-hydrogen) atoms. The summed E-state index contributed by atoms with van der Waals surface area (Å²) in [5.41, 5.74) is 1.94. The summed E-state index contributed by atoms with van der Waals surface area (Å²) in [6.45, 7) is 0. The topological polar surface area (TPSA) is 80.1 Å². The van der Waals surface area contributed by atoms with E-state index < -0.39 is 4.92 Å². The molecule has 0 fully saturated rings. The Hall–Kier alpha value is -2.69. The van der Waals surface area contributed by atoms with Gasteiger partial charge in [0.05, 0.1) is 16.6 Å². The van der Waals surface area contributed by atoms with Gasteiger partial charge in [0.25, 0.3) is 5.69 Å². The largest absolute Gasteiger partial charge is 0.457 e. The molecular formula is C19H10Br2N2O3. The predicted molar refractivity (Wildman–Crippen MR) is 106 cm³/mol. The lowest BCUT2D eigenvalue weighted by molar-refractivity contribution is -0.384. The number of nitrogens with zero attached hydrogens (tertiary/aromatic N) is 2. The minimum atomic E-state index is -0.456. The maximum atomic E-state index is 10.8. The van der Waals surface area contributed by atoms with Crippen molar-refractivity contribution in [2.75, 3.05) is 0 Å². The van der Waals surface area contributed by atoms with Gasteiger partial charge in [0.15, 0.2) is 0 Å². The van der Waals surface area contributed by atoms with E-state index in [4.69, 9.17) is 4.42 Å². The number of hydrogen-bond donors (Lipinski definition) is 0. The molecule has 0 aliphatic rings. The van der Waals surface area contributed by atoms with Gasteiger partial charge in [0.2, 0.25) is 0 Å². The van der Waals surface area contributed by atoms with Crippen LogP contribution in [-0.2, 0) is 0 Å². The number of rotatable bonds is 4. The predicted octanol–water partition coefficient (Wildman–Crippen LogP) is 6.44. The molecule has 0 saturated heterocycles. The summed E-state index contributed by atoms with van der Waals surface area (Å²) in [5.74, 6) is 1.07. The van der Waals surface area contributed by atoms with E-state index in [0.29, 0.717) is 27.1 Å².